The van der Waals surface area contributed by atoms with Gasteiger partial charge in [-0.15, -0.1) is 11.6 Å². The molecule has 12 heavy (non-hydrogen) atoms. The first-order chi connectivity index (χ1) is 5.69. The molecule has 1 aliphatic heterocycles. The maximum atomic E-state index is 11.8. The van der Waals surface area contributed by atoms with Gasteiger partial charge in [0, 0.05) is 18.2 Å². The molecule has 0 saturated carbocycles. The number of rotatable bonds is 4. The number of nitrogens with zero attached hydrogens (tertiary/aromatic N) is 1. The summed E-state index contributed by atoms with van der Waals surface area (Å²) in [7, 11) is 1.83. The van der Waals surface area contributed by atoms with Crippen molar-refractivity contribution in [2.75, 3.05) is 31.8 Å². The zero-order valence-corrected chi connectivity index (χ0v) is 9.50. The maximum absolute atomic E-state index is 11.8. The van der Waals surface area contributed by atoms with Crippen molar-refractivity contribution in [2.24, 2.45) is 0 Å². The summed E-state index contributed by atoms with van der Waals surface area (Å²) >= 11 is 6.95. The molecule has 0 aliphatic carbocycles. The second-order valence-electron chi connectivity index (χ2n) is 2.56. The lowest BCUT2D eigenvalue weighted by Gasteiger charge is -2.21. The SMILES string of the molecule is CN(CCCCl)P1(=O)OCCS1. The molecular weight excluding hydrogens is 217 g/mol. The molecule has 1 atom stereocenters. The Bertz CT molecular complexity index is 182. The molecule has 0 radical (unpaired) electrons. The van der Waals surface area contributed by atoms with E-state index in [1.807, 2.05) is 7.05 Å². The van der Waals surface area contributed by atoms with E-state index in [0.717, 1.165) is 18.7 Å². The molecule has 0 aromatic heterocycles. The van der Waals surface area contributed by atoms with E-state index in [2.05, 4.69) is 0 Å². The monoisotopic (exact) mass is 229 g/mol. The molecule has 0 aromatic rings. The Hall–Kier alpha value is 0.790. The molecule has 1 aliphatic rings. The highest BCUT2D eigenvalue weighted by Gasteiger charge is 2.33. The Morgan fingerprint density at radius 3 is 3.00 bits per heavy atom. The van der Waals surface area contributed by atoms with Crippen molar-refractivity contribution in [3.05, 3.63) is 0 Å². The van der Waals surface area contributed by atoms with Crippen molar-refractivity contribution < 1.29 is 9.09 Å². The first-order valence-electron chi connectivity index (χ1n) is 3.86. The predicted molar refractivity (Wildman–Crippen MR) is 54.0 cm³/mol. The van der Waals surface area contributed by atoms with Gasteiger partial charge in [0.15, 0.2) is 0 Å². The standard InChI is InChI=1S/C6H13ClNO2PS/c1-8(4-2-3-7)11(9)10-5-6-12-11/h2-6H2,1H3. The van der Waals surface area contributed by atoms with E-state index in [1.54, 1.807) is 4.67 Å². The summed E-state index contributed by atoms with van der Waals surface area (Å²) in [5, 5.41) is 0. The fourth-order valence-corrected chi connectivity index (χ4v) is 4.96. The third-order valence-electron chi connectivity index (χ3n) is 1.63. The van der Waals surface area contributed by atoms with Gasteiger partial charge in [0.1, 0.15) is 0 Å². The van der Waals surface area contributed by atoms with E-state index < -0.39 is 6.72 Å². The molecule has 1 fully saturated rings. The van der Waals surface area contributed by atoms with Crippen LogP contribution in [0.4, 0.5) is 0 Å². The first-order valence-corrected chi connectivity index (χ1v) is 7.56. The molecule has 0 amide bonds. The minimum absolute atomic E-state index is 0.604. The van der Waals surface area contributed by atoms with Gasteiger partial charge in [-0.3, -0.25) is 4.57 Å². The van der Waals surface area contributed by atoms with E-state index in [4.69, 9.17) is 16.1 Å². The zero-order chi connectivity index (χ0) is 9.03. The predicted octanol–water partition coefficient (Wildman–Crippen LogP) is 2.42. The van der Waals surface area contributed by atoms with E-state index in [1.165, 1.54) is 11.4 Å². The number of hydrogen-bond donors (Lipinski definition) is 0. The summed E-state index contributed by atoms with van der Waals surface area (Å²) in [4.78, 5) is 0. The van der Waals surface area contributed by atoms with E-state index >= 15 is 0 Å². The van der Waals surface area contributed by atoms with Crippen molar-refractivity contribution >= 4 is 29.7 Å². The summed E-state index contributed by atoms with van der Waals surface area (Å²) < 4.78 is 18.8. The largest absolute Gasteiger partial charge is 0.328 e. The van der Waals surface area contributed by atoms with Gasteiger partial charge >= 0.3 is 6.72 Å². The van der Waals surface area contributed by atoms with Crippen molar-refractivity contribution in [1.29, 1.82) is 0 Å². The summed E-state index contributed by atoms with van der Waals surface area (Å²) in [5.74, 6) is 1.44. The molecule has 0 aromatic carbocycles. The van der Waals surface area contributed by atoms with Crippen LogP contribution in [-0.2, 0) is 9.09 Å². The third kappa shape index (κ3) is 2.64. The van der Waals surface area contributed by atoms with Crippen molar-refractivity contribution in [3.63, 3.8) is 0 Å². The number of alkyl halides is 1. The van der Waals surface area contributed by atoms with Crippen LogP contribution >= 0.6 is 29.7 Å². The lowest BCUT2D eigenvalue weighted by Crippen LogP contribution is -2.15. The average Bonchev–Trinajstić information content (AvgIpc) is 2.49. The zero-order valence-electron chi connectivity index (χ0n) is 7.03. The molecule has 3 nitrogen and oxygen atoms in total. The van der Waals surface area contributed by atoms with Gasteiger partial charge in [-0.2, -0.15) is 0 Å². The quantitative estimate of drug-likeness (QED) is 0.547. The molecule has 72 valence electrons. The number of halogens is 1. The summed E-state index contributed by atoms with van der Waals surface area (Å²) in [6, 6.07) is 0. The van der Waals surface area contributed by atoms with E-state index in [9.17, 15) is 4.57 Å². The van der Waals surface area contributed by atoms with Crippen LogP contribution in [0.2, 0.25) is 0 Å². The Balaban J connectivity index is 2.39. The molecule has 6 heteroatoms. The second-order valence-corrected chi connectivity index (χ2v) is 7.64. The van der Waals surface area contributed by atoms with Crippen LogP contribution in [0.3, 0.4) is 0 Å². The van der Waals surface area contributed by atoms with Crippen LogP contribution in [0.25, 0.3) is 0 Å². The van der Waals surface area contributed by atoms with Crippen LogP contribution < -0.4 is 0 Å². The van der Waals surface area contributed by atoms with Gasteiger partial charge in [0.05, 0.1) is 6.61 Å². The van der Waals surface area contributed by atoms with Gasteiger partial charge in [0.2, 0.25) is 0 Å². The van der Waals surface area contributed by atoms with Crippen LogP contribution in [0.15, 0.2) is 0 Å². The van der Waals surface area contributed by atoms with E-state index in [-0.39, 0.29) is 0 Å². The minimum Gasteiger partial charge on any atom is -0.309 e. The lowest BCUT2D eigenvalue weighted by molar-refractivity contribution is 0.312. The molecule has 0 bridgehead atoms. The fraction of sp³-hybridized carbons (Fsp3) is 1.00. The van der Waals surface area contributed by atoms with Crippen LogP contribution in [0.1, 0.15) is 6.42 Å². The molecule has 0 spiro atoms. The second kappa shape index (κ2) is 4.87. The van der Waals surface area contributed by atoms with Gasteiger partial charge in [-0.05, 0) is 13.5 Å². The van der Waals surface area contributed by atoms with Crippen LogP contribution in [0.5, 0.6) is 0 Å². The van der Waals surface area contributed by atoms with Gasteiger partial charge in [-0.25, -0.2) is 4.67 Å². The molecule has 1 heterocycles. The minimum atomic E-state index is -2.50. The summed E-state index contributed by atoms with van der Waals surface area (Å²) in [6.07, 6.45) is 0.853. The molecule has 1 saturated heterocycles. The molecular formula is C6H13ClNO2PS. The molecule has 1 rings (SSSR count). The Labute approximate surface area is 82.0 Å². The van der Waals surface area contributed by atoms with Crippen LogP contribution in [0, 0.1) is 0 Å². The van der Waals surface area contributed by atoms with Crippen LogP contribution in [-0.4, -0.2) is 36.5 Å². The first kappa shape index (κ1) is 10.9. The normalized spacial score (nSPS) is 29.9. The summed E-state index contributed by atoms with van der Waals surface area (Å²) in [6.45, 7) is -1.15. The Morgan fingerprint density at radius 1 is 1.75 bits per heavy atom. The average molecular weight is 230 g/mol. The lowest BCUT2D eigenvalue weighted by atomic mass is 10.5. The Morgan fingerprint density at radius 2 is 2.50 bits per heavy atom. The van der Waals surface area contributed by atoms with Gasteiger partial charge in [0.25, 0.3) is 0 Å². The number of hydrogen-bond acceptors (Lipinski definition) is 3. The third-order valence-corrected chi connectivity index (χ3v) is 6.79. The molecule has 0 N–H and O–H groups in total. The Kier molecular flexibility index (Phi) is 4.41. The van der Waals surface area contributed by atoms with E-state index in [0.29, 0.717) is 12.5 Å². The smallest absolute Gasteiger partial charge is 0.309 e. The molecule has 1 unspecified atom stereocenters. The fourth-order valence-electron chi connectivity index (χ4n) is 0.951. The topological polar surface area (TPSA) is 29.5 Å². The van der Waals surface area contributed by atoms with Crippen molar-refractivity contribution in [1.82, 2.24) is 4.67 Å². The summed E-state index contributed by atoms with van der Waals surface area (Å²) in [5.41, 5.74) is 0. The van der Waals surface area contributed by atoms with Gasteiger partial charge in [-0.1, -0.05) is 11.4 Å². The maximum Gasteiger partial charge on any atom is 0.328 e. The highest BCUT2D eigenvalue weighted by molar-refractivity contribution is 8.56. The highest BCUT2D eigenvalue weighted by Crippen LogP contribution is 2.65. The van der Waals surface area contributed by atoms with Gasteiger partial charge < -0.3 is 4.52 Å². The highest BCUT2D eigenvalue weighted by atomic mass is 35.5. The van der Waals surface area contributed by atoms with Crippen molar-refractivity contribution in [2.45, 2.75) is 6.42 Å². The van der Waals surface area contributed by atoms with Crippen molar-refractivity contribution in [3.8, 4) is 0 Å².